The van der Waals surface area contributed by atoms with Gasteiger partial charge in [0.2, 0.25) is 0 Å². The number of carbonyl (C=O) groups is 1. The minimum atomic E-state index is -0.756. The number of aryl methyl sites for hydroxylation is 1. The van der Waals surface area contributed by atoms with E-state index in [0.29, 0.717) is 5.75 Å². The van der Waals surface area contributed by atoms with Gasteiger partial charge >= 0.3 is 5.97 Å². The molecule has 0 saturated heterocycles. The molecule has 0 aliphatic rings. The second kappa shape index (κ2) is 7.73. The zero-order valence-electron chi connectivity index (χ0n) is 12.1. The highest BCUT2D eigenvalue weighted by Crippen LogP contribution is 2.34. The third-order valence-electron chi connectivity index (χ3n) is 2.84. The number of nitrogens with two attached hydrogens (primary N) is 1. The Kier molecular flexibility index (Phi) is 5.93. The fraction of sp³-hybridized carbons (Fsp3) is 0.200. The summed E-state index contributed by atoms with van der Waals surface area (Å²) in [6.45, 7) is 2.16. The molecule has 0 unspecified atom stereocenters. The Labute approximate surface area is 148 Å². The maximum absolute atomic E-state index is 12.0. The van der Waals surface area contributed by atoms with Crippen molar-refractivity contribution in [1.29, 1.82) is 0 Å². The zero-order valence-corrected chi connectivity index (χ0v) is 14.4. The Morgan fingerprint density at radius 3 is 2.65 bits per heavy atom. The normalized spacial score (nSPS) is 10.4. The summed E-state index contributed by atoms with van der Waals surface area (Å²) in [5, 5.41) is -0.212. The number of nitrogens with zero attached hydrogens (tertiary/aromatic N) is 1. The topological polar surface area (TPSA) is 74.4 Å². The number of ether oxygens (including phenoxy) is 2. The molecule has 1 heterocycles. The molecule has 2 rings (SSSR count). The summed E-state index contributed by atoms with van der Waals surface area (Å²) in [6, 6.07) is 7.51. The van der Waals surface area contributed by atoms with Crippen molar-refractivity contribution in [3.8, 4) is 5.75 Å². The molecule has 0 atom stereocenters. The van der Waals surface area contributed by atoms with Crippen LogP contribution in [0.3, 0.4) is 0 Å². The van der Waals surface area contributed by atoms with Gasteiger partial charge in [0.15, 0.2) is 10.8 Å². The predicted octanol–water partition coefficient (Wildman–Crippen LogP) is 4.17. The molecule has 2 N–H and O–H groups in total. The third kappa shape index (κ3) is 4.41. The number of esters is 1. The quantitative estimate of drug-likeness (QED) is 0.482. The van der Waals surface area contributed by atoms with E-state index >= 15 is 0 Å². The maximum atomic E-state index is 12.0. The summed E-state index contributed by atoms with van der Waals surface area (Å²) in [5.74, 6) is -0.0657. The van der Waals surface area contributed by atoms with Crippen molar-refractivity contribution in [2.75, 3.05) is 18.9 Å². The molecule has 0 radical (unpaired) electrons. The van der Waals surface area contributed by atoms with Gasteiger partial charge in [-0.25, -0.2) is 9.78 Å². The summed E-state index contributed by atoms with van der Waals surface area (Å²) >= 11 is 17.5. The number of carbonyl (C=O) groups excluding carboxylic acids is 1. The van der Waals surface area contributed by atoms with Crippen LogP contribution in [0.25, 0.3) is 0 Å². The summed E-state index contributed by atoms with van der Waals surface area (Å²) in [5.41, 5.74) is 6.51. The number of hydrogen-bond acceptors (Lipinski definition) is 5. The van der Waals surface area contributed by atoms with Crippen molar-refractivity contribution in [3.63, 3.8) is 0 Å². The van der Waals surface area contributed by atoms with Crippen molar-refractivity contribution in [3.05, 3.63) is 50.7 Å². The van der Waals surface area contributed by atoms with Crippen LogP contribution in [0.5, 0.6) is 5.75 Å². The van der Waals surface area contributed by atoms with Gasteiger partial charge in [-0.1, -0.05) is 46.9 Å². The van der Waals surface area contributed by atoms with Gasteiger partial charge in [0.25, 0.3) is 0 Å². The van der Waals surface area contributed by atoms with E-state index in [9.17, 15) is 4.79 Å². The molecule has 0 bridgehead atoms. The monoisotopic (exact) mass is 374 g/mol. The SMILES string of the molecule is Cc1cccc(OCCOC(=O)c2nc(Cl)c(Cl)c(N)c2Cl)c1. The number of anilines is 1. The summed E-state index contributed by atoms with van der Waals surface area (Å²) in [6.07, 6.45) is 0. The highest BCUT2D eigenvalue weighted by Gasteiger charge is 2.20. The van der Waals surface area contributed by atoms with E-state index in [4.69, 9.17) is 50.0 Å². The van der Waals surface area contributed by atoms with Crippen LogP contribution < -0.4 is 10.5 Å². The fourth-order valence-corrected chi connectivity index (χ4v) is 2.32. The average Bonchev–Trinajstić information content (AvgIpc) is 2.53. The molecular weight excluding hydrogens is 363 g/mol. The van der Waals surface area contributed by atoms with Crippen LogP contribution in [0, 0.1) is 6.92 Å². The van der Waals surface area contributed by atoms with E-state index in [1.807, 2.05) is 31.2 Å². The number of nitrogen functional groups attached to an aromatic ring is 1. The van der Waals surface area contributed by atoms with Gasteiger partial charge in [-0.05, 0) is 24.6 Å². The Morgan fingerprint density at radius 2 is 1.96 bits per heavy atom. The van der Waals surface area contributed by atoms with Gasteiger partial charge in [0.05, 0.1) is 10.7 Å². The lowest BCUT2D eigenvalue weighted by Gasteiger charge is -2.10. The number of aromatic nitrogens is 1. The van der Waals surface area contributed by atoms with Gasteiger partial charge in [0, 0.05) is 0 Å². The van der Waals surface area contributed by atoms with Crippen molar-refractivity contribution >= 4 is 46.5 Å². The smallest absolute Gasteiger partial charge is 0.358 e. The lowest BCUT2D eigenvalue weighted by atomic mass is 10.2. The Morgan fingerprint density at radius 1 is 1.22 bits per heavy atom. The first-order valence-electron chi connectivity index (χ1n) is 6.56. The van der Waals surface area contributed by atoms with Gasteiger partial charge in [-0.2, -0.15) is 0 Å². The molecule has 0 aliphatic carbocycles. The van der Waals surface area contributed by atoms with Crippen LogP contribution in [0.15, 0.2) is 24.3 Å². The van der Waals surface area contributed by atoms with Crippen molar-refractivity contribution in [2.45, 2.75) is 6.92 Å². The fourth-order valence-electron chi connectivity index (χ4n) is 1.73. The van der Waals surface area contributed by atoms with Gasteiger partial charge in [0.1, 0.15) is 24.0 Å². The zero-order chi connectivity index (χ0) is 17.0. The Bertz CT molecular complexity index is 738. The molecule has 2 aromatic rings. The average molecular weight is 376 g/mol. The van der Waals surface area contributed by atoms with Crippen LogP contribution in [-0.2, 0) is 4.74 Å². The van der Waals surface area contributed by atoms with E-state index in [0.717, 1.165) is 5.56 Å². The Hall–Kier alpha value is -1.69. The standard InChI is InChI=1S/C15H13Cl3N2O3/c1-8-3-2-4-9(7-8)22-5-6-23-15(21)13-10(16)12(19)11(17)14(18)20-13/h2-4,7H,5-6H2,1H3,(H2,19,20). The van der Waals surface area contributed by atoms with Crippen LogP contribution in [0.1, 0.15) is 16.1 Å². The van der Waals surface area contributed by atoms with E-state index in [1.165, 1.54) is 0 Å². The molecule has 0 fully saturated rings. The summed E-state index contributed by atoms with van der Waals surface area (Å²) in [7, 11) is 0. The van der Waals surface area contributed by atoms with E-state index < -0.39 is 5.97 Å². The first-order valence-corrected chi connectivity index (χ1v) is 7.70. The number of hydrogen-bond donors (Lipinski definition) is 1. The molecule has 0 amide bonds. The van der Waals surface area contributed by atoms with Crippen molar-refractivity contribution in [1.82, 2.24) is 4.98 Å². The van der Waals surface area contributed by atoms with Crippen molar-refractivity contribution in [2.24, 2.45) is 0 Å². The lowest BCUT2D eigenvalue weighted by molar-refractivity contribution is 0.0444. The van der Waals surface area contributed by atoms with Crippen LogP contribution in [0.2, 0.25) is 15.2 Å². The molecular formula is C15H13Cl3N2O3. The van der Waals surface area contributed by atoms with E-state index in [2.05, 4.69) is 4.98 Å². The van der Waals surface area contributed by atoms with Gasteiger partial charge in [-0.15, -0.1) is 0 Å². The van der Waals surface area contributed by atoms with Crippen molar-refractivity contribution < 1.29 is 14.3 Å². The minimum Gasteiger partial charge on any atom is -0.490 e. The number of pyridine rings is 1. The third-order valence-corrected chi connectivity index (χ3v) is 3.98. The summed E-state index contributed by atoms with van der Waals surface area (Å²) in [4.78, 5) is 15.8. The largest absolute Gasteiger partial charge is 0.490 e. The van der Waals surface area contributed by atoms with Crippen LogP contribution in [0.4, 0.5) is 5.69 Å². The van der Waals surface area contributed by atoms with Crippen LogP contribution >= 0.6 is 34.8 Å². The molecule has 8 heteroatoms. The molecule has 0 spiro atoms. The van der Waals surface area contributed by atoms with Crippen LogP contribution in [-0.4, -0.2) is 24.2 Å². The second-order valence-corrected chi connectivity index (χ2v) is 5.71. The highest BCUT2D eigenvalue weighted by molar-refractivity contribution is 6.46. The lowest BCUT2D eigenvalue weighted by Crippen LogP contribution is -2.15. The molecule has 23 heavy (non-hydrogen) atoms. The number of halogens is 3. The maximum Gasteiger partial charge on any atom is 0.358 e. The van der Waals surface area contributed by atoms with Gasteiger partial charge in [-0.3, -0.25) is 0 Å². The molecule has 1 aromatic heterocycles. The van der Waals surface area contributed by atoms with E-state index in [1.54, 1.807) is 0 Å². The number of rotatable bonds is 5. The second-order valence-electron chi connectivity index (χ2n) is 4.59. The molecule has 5 nitrogen and oxygen atoms in total. The molecule has 122 valence electrons. The highest BCUT2D eigenvalue weighted by atomic mass is 35.5. The summed E-state index contributed by atoms with van der Waals surface area (Å²) < 4.78 is 10.5. The van der Waals surface area contributed by atoms with Gasteiger partial charge < -0.3 is 15.2 Å². The number of benzene rings is 1. The Balaban J connectivity index is 1.93. The minimum absolute atomic E-state index is 0.00371. The molecule has 0 saturated carbocycles. The molecule has 1 aromatic carbocycles. The predicted molar refractivity (Wildman–Crippen MR) is 90.6 cm³/mol. The van der Waals surface area contributed by atoms with E-state index in [-0.39, 0.29) is 39.8 Å². The first kappa shape index (κ1) is 17.7. The molecule has 0 aliphatic heterocycles. The first-order chi connectivity index (χ1) is 10.9.